The fourth-order valence-corrected chi connectivity index (χ4v) is 18.7. The molecule has 1 unspecified atom stereocenters. The predicted molar refractivity (Wildman–Crippen MR) is 153 cm³/mol. The number of aliphatic carboxylic acids is 2. The summed E-state index contributed by atoms with van der Waals surface area (Å²) >= 11 is 0. The second-order valence-corrected chi connectivity index (χ2v) is 29.4. The number of hydrogen-bond donors (Lipinski definition) is 2. The molecular formula is C24H52O7Si4. The van der Waals surface area contributed by atoms with Gasteiger partial charge in [0.2, 0.25) is 0 Å². The van der Waals surface area contributed by atoms with Gasteiger partial charge in [0.05, 0.1) is 0 Å². The van der Waals surface area contributed by atoms with Crippen LogP contribution in [0.15, 0.2) is 11.1 Å². The maximum Gasteiger partial charge on any atom is 0.469 e. The SMILES string of the molecule is CCCCC(CC)CC(C(=O)O)=C(CCC[Si](O[Si](C)(C)C)(O[Si](C)(C)C)O[Si](C)(C)C)C(=O)O. The molecule has 0 spiro atoms. The lowest BCUT2D eigenvalue weighted by Crippen LogP contribution is -2.60. The van der Waals surface area contributed by atoms with Crippen LogP contribution in [0.2, 0.25) is 65.0 Å². The number of carboxylic acids is 2. The number of rotatable bonds is 18. The molecule has 1 atom stereocenters. The maximum absolute atomic E-state index is 12.2. The summed E-state index contributed by atoms with van der Waals surface area (Å²) in [5.74, 6) is -2.11. The molecule has 0 aliphatic heterocycles. The third-order valence-corrected chi connectivity index (χ3v) is 17.3. The van der Waals surface area contributed by atoms with Gasteiger partial charge < -0.3 is 22.6 Å². The third-order valence-electron chi connectivity index (χ3n) is 5.21. The standard InChI is InChI=1S/C24H52O7Si4/c1-12-14-16-20(13-2)19-22(24(27)28)21(23(25)26)17-15-18-35(29-32(3,4)5,30-33(6,7)8)31-34(9,10)11/h20H,12-19H2,1-11H3,(H,25,26)(H,27,28). The van der Waals surface area contributed by atoms with Gasteiger partial charge in [-0.15, -0.1) is 0 Å². The minimum absolute atomic E-state index is 0.00404. The molecule has 0 aromatic heterocycles. The Labute approximate surface area is 218 Å². The highest BCUT2D eigenvalue weighted by molar-refractivity contribution is 6.90. The van der Waals surface area contributed by atoms with E-state index in [1.807, 2.05) is 6.92 Å². The normalized spacial score (nSPS) is 15.1. The Hall–Kier alpha value is -0.572. The van der Waals surface area contributed by atoms with E-state index in [4.69, 9.17) is 12.3 Å². The maximum atomic E-state index is 12.2. The molecule has 35 heavy (non-hydrogen) atoms. The van der Waals surface area contributed by atoms with Crippen LogP contribution < -0.4 is 0 Å². The van der Waals surface area contributed by atoms with Gasteiger partial charge in [-0.1, -0.05) is 39.5 Å². The Morgan fingerprint density at radius 1 is 0.714 bits per heavy atom. The number of hydrogen-bond acceptors (Lipinski definition) is 5. The fraction of sp³-hybridized carbons (Fsp3) is 0.833. The van der Waals surface area contributed by atoms with Gasteiger partial charge in [0, 0.05) is 17.2 Å². The van der Waals surface area contributed by atoms with Crippen molar-refractivity contribution in [3.63, 3.8) is 0 Å². The van der Waals surface area contributed by atoms with E-state index in [1.165, 1.54) is 0 Å². The Bertz CT molecular complexity index is 678. The van der Waals surface area contributed by atoms with Gasteiger partial charge in [-0.05, 0) is 84.1 Å². The first-order valence-electron chi connectivity index (χ1n) is 13.0. The number of carbonyl (C=O) groups is 2. The molecule has 0 aliphatic rings. The van der Waals surface area contributed by atoms with E-state index in [0.29, 0.717) is 12.5 Å². The monoisotopic (exact) mass is 564 g/mol. The van der Waals surface area contributed by atoms with Gasteiger partial charge >= 0.3 is 20.7 Å². The summed E-state index contributed by atoms with van der Waals surface area (Å²) in [6.07, 6.45) is 4.69. The molecule has 0 heterocycles. The molecule has 0 aromatic carbocycles. The van der Waals surface area contributed by atoms with Gasteiger partial charge in [-0.25, -0.2) is 9.59 Å². The van der Waals surface area contributed by atoms with E-state index in [2.05, 4.69) is 65.8 Å². The molecule has 0 aromatic rings. The zero-order chi connectivity index (χ0) is 27.7. The molecule has 0 aliphatic carbocycles. The van der Waals surface area contributed by atoms with Crippen LogP contribution in [-0.4, -0.2) is 55.9 Å². The summed E-state index contributed by atoms with van der Waals surface area (Å²) < 4.78 is 20.0. The van der Waals surface area contributed by atoms with Crippen molar-refractivity contribution in [2.45, 2.75) is 124 Å². The lowest BCUT2D eigenvalue weighted by Gasteiger charge is -2.43. The van der Waals surface area contributed by atoms with E-state index in [0.717, 1.165) is 25.7 Å². The van der Waals surface area contributed by atoms with Crippen molar-refractivity contribution in [1.82, 2.24) is 0 Å². The Morgan fingerprint density at radius 2 is 1.14 bits per heavy atom. The van der Waals surface area contributed by atoms with E-state index < -0.39 is 45.7 Å². The molecule has 0 radical (unpaired) electrons. The van der Waals surface area contributed by atoms with Crippen molar-refractivity contribution in [1.29, 1.82) is 0 Å². The van der Waals surface area contributed by atoms with Crippen molar-refractivity contribution in [3.8, 4) is 0 Å². The quantitative estimate of drug-likeness (QED) is 0.133. The number of unbranched alkanes of at least 4 members (excludes halogenated alkanes) is 1. The zero-order valence-electron chi connectivity index (χ0n) is 24.2. The molecule has 2 N–H and O–H groups in total. The first kappa shape index (κ1) is 34.4. The average Bonchev–Trinajstić information content (AvgIpc) is 2.61. The van der Waals surface area contributed by atoms with Crippen molar-refractivity contribution < 1.29 is 32.1 Å². The second-order valence-electron chi connectivity index (χ2n) is 12.4. The second kappa shape index (κ2) is 14.4. The summed E-state index contributed by atoms with van der Waals surface area (Å²) in [6.45, 7) is 23.2. The topological polar surface area (TPSA) is 102 Å². The molecule has 0 bridgehead atoms. The minimum Gasteiger partial charge on any atom is -0.478 e. The molecule has 0 amide bonds. The van der Waals surface area contributed by atoms with Gasteiger partial charge in [0.1, 0.15) is 0 Å². The Morgan fingerprint density at radius 3 is 1.46 bits per heavy atom. The highest BCUT2D eigenvalue weighted by Gasteiger charge is 2.49. The molecule has 0 saturated heterocycles. The highest BCUT2D eigenvalue weighted by Crippen LogP contribution is 2.32. The summed E-state index contributed by atoms with van der Waals surface area (Å²) in [5.41, 5.74) is 0.0421. The third kappa shape index (κ3) is 15.3. The van der Waals surface area contributed by atoms with Crippen molar-refractivity contribution in [2.24, 2.45) is 5.92 Å². The molecular weight excluding hydrogens is 513 g/mol. The smallest absolute Gasteiger partial charge is 0.469 e. The van der Waals surface area contributed by atoms with Crippen molar-refractivity contribution in [3.05, 3.63) is 11.1 Å². The largest absolute Gasteiger partial charge is 0.478 e. The van der Waals surface area contributed by atoms with E-state index in [1.54, 1.807) is 0 Å². The summed E-state index contributed by atoms with van der Waals surface area (Å²) in [5, 5.41) is 19.9. The molecule has 0 saturated carbocycles. The summed E-state index contributed by atoms with van der Waals surface area (Å²) in [7, 11) is -9.21. The lowest BCUT2D eigenvalue weighted by atomic mass is 9.89. The Balaban J connectivity index is 6.11. The van der Waals surface area contributed by atoms with Crippen LogP contribution in [0.4, 0.5) is 0 Å². The first-order chi connectivity index (χ1) is 15.7. The van der Waals surface area contributed by atoms with Gasteiger partial charge in [-0.3, -0.25) is 0 Å². The first-order valence-corrected chi connectivity index (χ1v) is 25.2. The van der Waals surface area contributed by atoms with Crippen LogP contribution in [-0.2, 0) is 21.9 Å². The molecule has 0 rings (SSSR count). The van der Waals surface area contributed by atoms with Crippen molar-refractivity contribution in [2.75, 3.05) is 0 Å². The molecule has 11 heteroatoms. The average molecular weight is 565 g/mol. The molecule has 206 valence electrons. The van der Waals surface area contributed by atoms with Gasteiger partial charge in [0.25, 0.3) is 0 Å². The Kier molecular flexibility index (Phi) is 14.2. The van der Waals surface area contributed by atoms with Gasteiger partial charge in [-0.2, -0.15) is 0 Å². The lowest BCUT2D eigenvalue weighted by molar-refractivity contribution is -0.136. The van der Waals surface area contributed by atoms with Crippen LogP contribution in [0.1, 0.15) is 58.8 Å². The summed E-state index contributed by atoms with van der Waals surface area (Å²) in [4.78, 5) is 24.3. The number of carboxylic acid groups (broad SMARTS) is 2. The van der Waals surface area contributed by atoms with Crippen LogP contribution in [0.25, 0.3) is 0 Å². The van der Waals surface area contributed by atoms with E-state index >= 15 is 0 Å². The zero-order valence-corrected chi connectivity index (χ0v) is 28.2. The highest BCUT2D eigenvalue weighted by atomic mass is 28.5. The van der Waals surface area contributed by atoms with Crippen LogP contribution in [0, 0.1) is 5.92 Å². The predicted octanol–water partition coefficient (Wildman–Crippen LogP) is 7.33. The van der Waals surface area contributed by atoms with Crippen LogP contribution >= 0.6 is 0 Å². The van der Waals surface area contributed by atoms with E-state index in [9.17, 15) is 19.8 Å². The van der Waals surface area contributed by atoms with E-state index in [-0.39, 0.29) is 29.9 Å². The van der Waals surface area contributed by atoms with Gasteiger partial charge in [0.15, 0.2) is 25.0 Å². The van der Waals surface area contributed by atoms with Crippen LogP contribution in [0.3, 0.4) is 0 Å². The van der Waals surface area contributed by atoms with Crippen LogP contribution in [0.5, 0.6) is 0 Å². The minimum atomic E-state index is -3.10. The molecule has 7 nitrogen and oxygen atoms in total. The summed E-state index contributed by atoms with van der Waals surface area (Å²) in [6, 6.07) is 0.489. The van der Waals surface area contributed by atoms with Crippen molar-refractivity contribution >= 4 is 45.7 Å². The fourth-order valence-electron chi connectivity index (χ4n) is 4.06. The molecule has 0 fully saturated rings.